The SMILES string of the molecule is NC(=O)CN1CCC(NC(=O)c2ccc3c(-c4cccc(O)c4)cccc3c2)CC1. The van der Waals surface area contributed by atoms with Gasteiger partial charge in [-0.25, -0.2) is 0 Å². The number of carbonyl (C=O) groups is 2. The van der Waals surface area contributed by atoms with Crippen molar-refractivity contribution >= 4 is 22.6 Å². The third kappa shape index (κ3) is 4.44. The van der Waals surface area contributed by atoms with Gasteiger partial charge < -0.3 is 16.2 Å². The number of nitrogens with zero attached hydrogens (tertiary/aromatic N) is 1. The van der Waals surface area contributed by atoms with Crippen LogP contribution in [-0.2, 0) is 4.79 Å². The smallest absolute Gasteiger partial charge is 0.251 e. The summed E-state index contributed by atoms with van der Waals surface area (Å²) in [5, 5.41) is 14.9. The Bertz CT molecular complexity index is 1090. The molecule has 0 spiro atoms. The topological polar surface area (TPSA) is 95.7 Å². The van der Waals surface area contributed by atoms with E-state index in [2.05, 4.69) is 5.32 Å². The minimum atomic E-state index is -0.321. The van der Waals surface area contributed by atoms with Gasteiger partial charge in [0.2, 0.25) is 5.91 Å². The van der Waals surface area contributed by atoms with E-state index < -0.39 is 0 Å². The summed E-state index contributed by atoms with van der Waals surface area (Å²) in [4.78, 5) is 25.8. The Morgan fingerprint density at radius 2 is 1.80 bits per heavy atom. The Kier molecular flexibility index (Phi) is 5.68. The van der Waals surface area contributed by atoms with E-state index in [9.17, 15) is 14.7 Å². The number of phenolic OH excluding ortho intramolecular Hbond substituents is 1. The average molecular weight is 403 g/mol. The molecule has 0 saturated carbocycles. The summed E-state index contributed by atoms with van der Waals surface area (Å²) in [6.45, 7) is 1.77. The number of amides is 2. The van der Waals surface area contributed by atoms with Crippen LogP contribution in [-0.4, -0.2) is 47.5 Å². The van der Waals surface area contributed by atoms with Crippen molar-refractivity contribution in [2.75, 3.05) is 19.6 Å². The quantitative estimate of drug-likeness (QED) is 0.610. The third-order valence-corrected chi connectivity index (χ3v) is 5.60. The maximum Gasteiger partial charge on any atom is 0.251 e. The number of hydrogen-bond acceptors (Lipinski definition) is 4. The molecule has 3 aromatic carbocycles. The molecule has 0 unspecified atom stereocenters. The predicted octanol–water partition coefficient (Wildman–Crippen LogP) is 2.89. The molecule has 6 nitrogen and oxygen atoms in total. The van der Waals surface area contributed by atoms with Crippen LogP contribution in [0.5, 0.6) is 5.75 Å². The van der Waals surface area contributed by atoms with Crippen molar-refractivity contribution in [1.82, 2.24) is 10.2 Å². The molecule has 1 heterocycles. The van der Waals surface area contributed by atoms with Gasteiger partial charge in [-0.05, 0) is 59.0 Å². The van der Waals surface area contributed by atoms with Crippen LogP contribution in [0.3, 0.4) is 0 Å². The molecule has 0 radical (unpaired) electrons. The van der Waals surface area contributed by atoms with Gasteiger partial charge in [0.05, 0.1) is 6.54 Å². The second kappa shape index (κ2) is 8.55. The standard InChI is InChI=1S/C24H25N3O3/c25-23(29)15-27-11-9-19(10-12-27)26-24(30)18-7-8-22-16(13-18)4-2-6-21(22)17-3-1-5-20(28)14-17/h1-8,13-14,19,28H,9-12,15H2,(H2,25,29)(H,26,30). The zero-order chi connectivity index (χ0) is 21.1. The van der Waals surface area contributed by atoms with Crippen LogP contribution < -0.4 is 11.1 Å². The molecule has 0 aromatic heterocycles. The van der Waals surface area contributed by atoms with E-state index in [1.165, 1.54) is 0 Å². The van der Waals surface area contributed by atoms with Gasteiger partial charge >= 0.3 is 0 Å². The summed E-state index contributed by atoms with van der Waals surface area (Å²) in [6, 6.07) is 18.9. The van der Waals surface area contributed by atoms with E-state index in [0.29, 0.717) is 5.56 Å². The number of likely N-dealkylation sites (tertiary alicyclic amines) is 1. The van der Waals surface area contributed by atoms with Crippen molar-refractivity contribution in [2.45, 2.75) is 18.9 Å². The van der Waals surface area contributed by atoms with Gasteiger partial charge in [-0.3, -0.25) is 14.5 Å². The molecular weight excluding hydrogens is 378 g/mol. The first kappa shape index (κ1) is 19.9. The molecule has 4 rings (SSSR count). The molecular formula is C24H25N3O3. The summed E-state index contributed by atoms with van der Waals surface area (Å²) in [5.41, 5.74) is 7.82. The Morgan fingerprint density at radius 3 is 2.53 bits per heavy atom. The molecule has 30 heavy (non-hydrogen) atoms. The highest BCUT2D eigenvalue weighted by molar-refractivity contribution is 6.02. The van der Waals surface area contributed by atoms with Crippen molar-refractivity contribution in [2.24, 2.45) is 5.73 Å². The summed E-state index contributed by atoms with van der Waals surface area (Å²) in [6.07, 6.45) is 1.60. The highest BCUT2D eigenvalue weighted by Gasteiger charge is 2.22. The summed E-state index contributed by atoms with van der Waals surface area (Å²) in [5.74, 6) is -0.186. The van der Waals surface area contributed by atoms with E-state index in [1.807, 2.05) is 53.4 Å². The van der Waals surface area contributed by atoms with Gasteiger partial charge in [-0.15, -0.1) is 0 Å². The fourth-order valence-corrected chi connectivity index (χ4v) is 4.07. The second-order valence-corrected chi connectivity index (χ2v) is 7.78. The number of fused-ring (bicyclic) bond motifs is 1. The second-order valence-electron chi connectivity index (χ2n) is 7.78. The Labute approximate surface area is 175 Å². The van der Waals surface area contributed by atoms with Gasteiger partial charge in [0.25, 0.3) is 5.91 Å². The fourth-order valence-electron chi connectivity index (χ4n) is 4.07. The number of nitrogens with one attached hydrogen (secondary N) is 1. The van der Waals surface area contributed by atoms with E-state index in [1.54, 1.807) is 12.1 Å². The van der Waals surface area contributed by atoms with Gasteiger partial charge in [0.15, 0.2) is 0 Å². The summed E-state index contributed by atoms with van der Waals surface area (Å²) in [7, 11) is 0. The zero-order valence-electron chi connectivity index (χ0n) is 16.7. The van der Waals surface area contributed by atoms with Crippen LogP contribution in [0.2, 0.25) is 0 Å². The fraction of sp³-hybridized carbons (Fsp3) is 0.250. The van der Waals surface area contributed by atoms with E-state index in [4.69, 9.17) is 5.73 Å². The lowest BCUT2D eigenvalue weighted by molar-refractivity contribution is -0.119. The Morgan fingerprint density at radius 1 is 1.03 bits per heavy atom. The van der Waals surface area contributed by atoms with Crippen LogP contribution in [0.15, 0.2) is 60.7 Å². The lowest BCUT2D eigenvalue weighted by atomic mass is 9.96. The van der Waals surface area contributed by atoms with Crippen molar-refractivity contribution in [3.63, 3.8) is 0 Å². The molecule has 6 heteroatoms. The monoisotopic (exact) mass is 403 g/mol. The molecule has 0 aliphatic carbocycles. The summed E-state index contributed by atoms with van der Waals surface area (Å²) >= 11 is 0. The molecule has 3 aromatic rings. The number of aromatic hydroxyl groups is 1. The highest BCUT2D eigenvalue weighted by atomic mass is 16.3. The van der Waals surface area contributed by atoms with Gasteiger partial charge in [-0.1, -0.05) is 36.4 Å². The van der Waals surface area contributed by atoms with E-state index in [0.717, 1.165) is 47.8 Å². The molecule has 0 atom stereocenters. The van der Waals surface area contributed by atoms with Gasteiger partial charge in [-0.2, -0.15) is 0 Å². The largest absolute Gasteiger partial charge is 0.508 e. The van der Waals surface area contributed by atoms with Crippen LogP contribution in [0.4, 0.5) is 0 Å². The van der Waals surface area contributed by atoms with Crippen LogP contribution in [0.25, 0.3) is 21.9 Å². The first-order chi connectivity index (χ1) is 14.5. The predicted molar refractivity (Wildman–Crippen MR) is 117 cm³/mol. The number of primary amides is 1. The minimum Gasteiger partial charge on any atom is -0.508 e. The number of nitrogens with two attached hydrogens (primary N) is 1. The van der Waals surface area contributed by atoms with Crippen molar-refractivity contribution in [3.8, 4) is 16.9 Å². The van der Waals surface area contributed by atoms with E-state index >= 15 is 0 Å². The van der Waals surface area contributed by atoms with Crippen molar-refractivity contribution < 1.29 is 14.7 Å². The molecule has 1 aliphatic heterocycles. The number of piperidine rings is 1. The van der Waals surface area contributed by atoms with Crippen LogP contribution >= 0.6 is 0 Å². The number of carbonyl (C=O) groups excluding carboxylic acids is 2. The van der Waals surface area contributed by atoms with Gasteiger partial charge in [0, 0.05) is 24.7 Å². The Balaban J connectivity index is 1.49. The minimum absolute atomic E-state index is 0.0898. The van der Waals surface area contributed by atoms with Crippen molar-refractivity contribution in [3.05, 3.63) is 66.2 Å². The van der Waals surface area contributed by atoms with E-state index in [-0.39, 0.29) is 30.2 Å². The summed E-state index contributed by atoms with van der Waals surface area (Å²) < 4.78 is 0. The Hall–Kier alpha value is -3.38. The maximum atomic E-state index is 12.8. The third-order valence-electron chi connectivity index (χ3n) is 5.60. The average Bonchev–Trinajstić information content (AvgIpc) is 2.74. The molecule has 4 N–H and O–H groups in total. The number of benzene rings is 3. The number of phenols is 1. The normalized spacial score (nSPS) is 15.2. The molecule has 154 valence electrons. The lowest BCUT2D eigenvalue weighted by Gasteiger charge is -2.31. The molecule has 2 amide bonds. The van der Waals surface area contributed by atoms with Gasteiger partial charge in [0.1, 0.15) is 5.75 Å². The zero-order valence-corrected chi connectivity index (χ0v) is 16.7. The lowest BCUT2D eigenvalue weighted by Crippen LogP contribution is -2.46. The number of rotatable bonds is 5. The first-order valence-electron chi connectivity index (χ1n) is 10.1. The molecule has 1 fully saturated rings. The molecule has 0 bridgehead atoms. The molecule has 1 saturated heterocycles. The number of hydrogen-bond donors (Lipinski definition) is 3. The highest BCUT2D eigenvalue weighted by Crippen LogP contribution is 2.31. The maximum absolute atomic E-state index is 12.8. The first-order valence-corrected chi connectivity index (χ1v) is 10.1. The van der Waals surface area contributed by atoms with Crippen LogP contribution in [0, 0.1) is 0 Å². The van der Waals surface area contributed by atoms with Crippen LogP contribution in [0.1, 0.15) is 23.2 Å². The molecule has 1 aliphatic rings. The van der Waals surface area contributed by atoms with Crippen molar-refractivity contribution in [1.29, 1.82) is 0 Å².